The molecule has 0 saturated heterocycles. The van der Waals surface area contributed by atoms with Gasteiger partial charge in [-0.3, -0.25) is 4.89 Å². The smallest absolute Gasteiger partial charge is 0.286 e. The normalized spacial score (nSPS) is 11.5. The van der Waals surface area contributed by atoms with E-state index < -0.39 is 5.97 Å². The SMILES string of the molecule is O=C(OOc1cccc2c1Cc1ccccc1-2)c1ccccc1. The summed E-state index contributed by atoms with van der Waals surface area (Å²) in [4.78, 5) is 22.3. The summed E-state index contributed by atoms with van der Waals surface area (Å²) in [5.41, 5.74) is 5.11. The van der Waals surface area contributed by atoms with Crippen molar-refractivity contribution in [3.63, 3.8) is 0 Å². The van der Waals surface area contributed by atoms with Crippen molar-refractivity contribution in [2.45, 2.75) is 6.42 Å². The molecule has 0 aromatic heterocycles. The molecule has 4 rings (SSSR count). The van der Waals surface area contributed by atoms with Crippen molar-refractivity contribution in [3.8, 4) is 16.9 Å². The summed E-state index contributed by atoms with van der Waals surface area (Å²) in [5.74, 6) is 0.0849. The third-order valence-electron chi connectivity index (χ3n) is 4.02. The van der Waals surface area contributed by atoms with Crippen molar-refractivity contribution in [3.05, 3.63) is 89.5 Å². The van der Waals surface area contributed by atoms with E-state index in [0.29, 0.717) is 11.3 Å². The van der Waals surface area contributed by atoms with Gasteiger partial charge in [-0.2, -0.15) is 0 Å². The first-order chi connectivity index (χ1) is 11.3. The minimum Gasteiger partial charge on any atom is -0.286 e. The molecule has 3 aromatic carbocycles. The Bertz CT molecular complexity index is 869. The highest BCUT2D eigenvalue weighted by Gasteiger charge is 2.22. The molecule has 0 amide bonds. The van der Waals surface area contributed by atoms with Gasteiger partial charge in [0.15, 0.2) is 5.75 Å². The van der Waals surface area contributed by atoms with E-state index in [1.807, 2.05) is 30.3 Å². The molecular formula is C20H14O3. The third-order valence-corrected chi connectivity index (χ3v) is 4.02. The number of fused-ring (bicyclic) bond motifs is 3. The fourth-order valence-electron chi connectivity index (χ4n) is 2.91. The van der Waals surface area contributed by atoms with Gasteiger partial charge in [-0.1, -0.05) is 54.6 Å². The fourth-order valence-corrected chi connectivity index (χ4v) is 2.91. The van der Waals surface area contributed by atoms with E-state index in [0.717, 1.165) is 17.5 Å². The van der Waals surface area contributed by atoms with Crippen LogP contribution in [0.1, 0.15) is 21.5 Å². The maximum absolute atomic E-state index is 12.0. The monoisotopic (exact) mass is 302 g/mol. The first-order valence-electron chi connectivity index (χ1n) is 7.47. The Kier molecular flexibility index (Phi) is 3.31. The molecule has 0 heterocycles. The molecule has 0 atom stereocenters. The highest BCUT2D eigenvalue weighted by Crippen LogP contribution is 2.40. The van der Waals surface area contributed by atoms with Crippen molar-refractivity contribution in [2.24, 2.45) is 0 Å². The van der Waals surface area contributed by atoms with E-state index in [4.69, 9.17) is 9.78 Å². The molecule has 3 aromatic rings. The lowest BCUT2D eigenvalue weighted by Crippen LogP contribution is -2.09. The highest BCUT2D eigenvalue weighted by molar-refractivity contribution is 5.89. The molecule has 0 aliphatic heterocycles. The van der Waals surface area contributed by atoms with Crippen molar-refractivity contribution >= 4 is 5.97 Å². The van der Waals surface area contributed by atoms with Gasteiger partial charge in [0.05, 0.1) is 5.56 Å². The summed E-state index contributed by atoms with van der Waals surface area (Å²) < 4.78 is 0. The van der Waals surface area contributed by atoms with Gasteiger partial charge < -0.3 is 0 Å². The topological polar surface area (TPSA) is 35.5 Å². The largest absolute Gasteiger partial charge is 0.386 e. The molecule has 0 spiro atoms. The van der Waals surface area contributed by atoms with E-state index in [-0.39, 0.29) is 0 Å². The number of carbonyl (C=O) groups is 1. The van der Waals surface area contributed by atoms with Gasteiger partial charge >= 0.3 is 5.97 Å². The first-order valence-corrected chi connectivity index (χ1v) is 7.47. The Balaban J connectivity index is 1.57. The minimum absolute atomic E-state index is 0.461. The molecule has 112 valence electrons. The van der Waals surface area contributed by atoms with E-state index in [2.05, 4.69) is 18.2 Å². The molecular weight excluding hydrogens is 288 g/mol. The number of carbonyl (C=O) groups excluding carboxylic acids is 1. The van der Waals surface area contributed by atoms with Gasteiger partial charge in [0.25, 0.3) is 0 Å². The third kappa shape index (κ3) is 2.46. The van der Waals surface area contributed by atoms with Crippen molar-refractivity contribution in [1.29, 1.82) is 0 Å². The standard InChI is InChI=1S/C20H14O3/c21-20(14-7-2-1-3-8-14)23-22-19-12-6-11-17-16-10-5-4-9-15(16)13-18(17)19/h1-12H,13H2. The second kappa shape index (κ2) is 5.61. The summed E-state index contributed by atoms with van der Waals surface area (Å²) >= 11 is 0. The molecule has 0 bridgehead atoms. The number of benzene rings is 3. The Morgan fingerprint density at radius 3 is 2.39 bits per heavy atom. The molecule has 0 radical (unpaired) electrons. The number of hydrogen-bond donors (Lipinski definition) is 0. The van der Waals surface area contributed by atoms with Crippen molar-refractivity contribution < 1.29 is 14.6 Å². The van der Waals surface area contributed by atoms with Crippen LogP contribution in [-0.2, 0) is 11.3 Å². The van der Waals surface area contributed by atoms with E-state index in [9.17, 15) is 4.79 Å². The van der Waals surface area contributed by atoms with Gasteiger partial charge in [0.2, 0.25) is 0 Å². The lowest BCUT2D eigenvalue weighted by molar-refractivity contribution is -0.150. The predicted molar refractivity (Wildman–Crippen MR) is 87.2 cm³/mol. The maximum Gasteiger partial charge on any atom is 0.386 e. The molecule has 0 saturated carbocycles. The maximum atomic E-state index is 12.0. The molecule has 0 fully saturated rings. The van der Waals surface area contributed by atoms with Crippen LogP contribution in [-0.4, -0.2) is 5.97 Å². The quantitative estimate of drug-likeness (QED) is 0.415. The number of rotatable bonds is 3. The second-order valence-corrected chi connectivity index (χ2v) is 5.44. The summed E-state index contributed by atoms with van der Waals surface area (Å²) in [5, 5.41) is 0. The zero-order chi connectivity index (χ0) is 15.6. The molecule has 0 unspecified atom stereocenters. The summed E-state index contributed by atoms with van der Waals surface area (Å²) in [6, 6.07) is 22.9. The van der Waals surface area contributed by atoms with Crippen LogP contribution in [0.15, 0.2) is 72.8 Å². The van der Waals surface area contributed by atoms with Gasteiger partial charge in [0.1, 0.15) is 0 Å². The van der Waals surface area contributed by atoms with Crippen LogP contribution in [0.2, 0.25) is 0 Å². The van der Waals surface area contributed by atoms with Gasteiger partial charge in [-0.25, -0.2) is 9.68 Å². The van der Waals surface area contributed by atoms with E-state index >= 15 is 0 Å². The fraction of sp³-hybridized carbons (Fsp3) is 0.0500. The lowest BCUT2D eigenvalue weighted by Gasteiger charge is -2.08. The van der Waals surface area contributed by atoms with Crippen LogP contribution in [0.4, 0.5) is 0 Å². The zero-order valence-corrected chi connectivity index (χ0v) is 12.4. The minimum atomic E-state index is -0.501. The predicted octanol–water partition coefficient (Wildman–Crippen LogP) is 4.41. The average molecular weight is 302 g/mol. The highest BCUT2D eigenvalue weighted by atomic mass is 17.2. The van der Waals surface area contributed by atoms with Crippen LogP contribution in [0.5, 0.6) is 5.75 Å². The number of hydrogen-bond acceptors (Lipinski definition) is 3. The van der Waals surface area contributed by atoms with Crippen molar-refractivity contribution in [1.82, 2.24) is 0 Å². The second-order valence-electron chi connectivity index (χ2n) is 5.44. The Morgan fingerprint density at radius 1 is 0.783 bits per heavy atom. The van der Waals surface area contributed by atoms with Crippen LogP contribution in [0.25, 0.3) is 11.1 Å². The molecule has 0 N–H and O–H groups in total. The van der Waals surface area contributed by atoms with Gasteiger partial charge in [-0.15, -0.1) is 0 Å². The Labute approximate surface area is 134 Å². The summed E-state index contributed by atoms with van der Waals surface area (Å²) in [6.45, 7) is 0. The molecule has 1 aliphatic rings. The van der Waals surface area contributed by atoms with Crippen LogP contribution in [0.3, 0.4) is 0 Å². The van der Waals surface area contributed by atoms with Crippen LogP contribution < -0.4 is 4.89 Å². The summed E-state index contributed by atoms with van der Waals surface area (Å²) in [6.07, 6.45) is 0.782. The van der Waals surface area contributed by atoms with E-state index in [1.165, 1.54) is 11.1 Å². The average Bonchev–Trinajstić information content (AvgIpc) is 3.00. The molecule has 3 heteroatoms. The lowest BCUT2D eigenvalue weighted by atomic mass is 10.1. The Hall–Kier alpha value is -3.07. The molecule has 1 aliphatic carbocycles. The first kappa shape index (κ1) is 13.6. The van der Waals surface area contributed by atoms with Crippen molar-refractivity contribution in [2.75, 3.05) is 0 Å². The molecule has 3 nitrogen and oxygen atoms in total. The van der Waals surface area contributed by atoms with Crippen LogP contribution >= 0.6 is 0 Å². The van der Waals surface area contributed by atoms with Gasteiger partial charge in [0, 0.05) is 12.0 Å². The van der Waals surface area contributed by atoms with Crippen LogP contribution in [0, 0.1) is 0 Å². The zero-order valence-electron chi connectivity index (χ0n) is 12.4. The molecule has 23 heavy (non-hydrogen) atoms. The van der Waals surface area contributed by atoms with Gasteiger partial charge in [-0.05, 0) is 34.9 Å². The Morgan fingerprint density at radius 2 is 1.52 bits per heavy atom. The summed E-state index contributed by atoms with van der Waals surface area (Å²) in [7, 11) is 0. The van der Waals surface area contributed by atoms with E-state index in [1.54, 1.807) is 24.3 Å².